The van der Waals surface area contributed by atoms with E-state index in [9.17, 15) is 18.0 Å². The number of nitrogens with one attached hydrogen (secondary N) is 1. The van der Waals surface area contributed by atoms with Crippen molar-refractivity contribution in [3.05, 3.63) is 72.0 Å². The van der Waals surface area contributed by atoms with Gasteiger partial charge in [-0.2, -0.15) is 18.3 Å². The molecule has 0 aliphatic rings. The second-order valence-electron chi connectivity index (χ2n) is 6.37. The van der Waals surface area contributed by atoms with Crippen molar-refractivity contribution in [3.63, 3.8) is 0 Å². The lowest BCUT2D eigenvalue weighted by Crippen LogP contribution is -2.17. The number of hydrogen-bond acceptors (Lipinski definition) is 6. The first-order valence-corrected chi connectivity index (χ1v) is 10.3. The first-order chi connectivity index (χ1) is 15.3. The Balaban J connectivity index is 1.52. The van der Waals surface area contributed by atoms with Crippen molar-refractivity contribution in [3.8, 4) is 11.4 Å². The van der Waals surface area contributed by atoms with Gasteiger partial charge in [-0.1, -0.05) is 29.4 Å². The van der Waals surface area contributed by atoms with Gasteiger partial charge in [0.05, 0.1) is 28.4 Å². The highest BCUT2D eigenvalue weighted by atomic mass is 35.5. The van der Waals surface area contributed by atoms with Crippen LogP contribution in [0.2, 0.25) is 5.02 Å². The molecule has 2 aromatic heterocycles. The summed E-state index contributed by atoms with van der Waals surface area (Å²) in [5.41, 5.74) is 0.00458. The van der Waals surface area contributed by atoms with E-state index in [4.69, 9.17) is 11.6 Å². The smallest absolute Gasteiger partial charge is 0.323 e. The van der Waals surface area contributed by atoms with E-state index in [2.05, 4.69) is 25.6 Å². The number of alkyl halides is 3. The fourth-order valence-electron chi connectivity index (χ4n) is 2.79. The van der Waals surface area contributed by atoms with Crippen molar-refractivity contribution < 1.29 is 18.0 Å². The Hall–Kier alpha value is -3.38. The SMILES string of the molecule is O=C(CSc1nncn1-c1cccc(Cl)c1)Nc1cc(C(F)(F)F)ccc1-n1cncn1. The quantitative estimate of drug-likeness (QED) is 0.416. The number of benzene rings is 2. The summed E-state index contributed by atoms with van der Waals surface area (Å²) in [5, 5.41) is 15.2. The molecule has 0 spiro atoms. The summed E-state index contributed by atoms with van der Waals surface area (Å²) in [6.07, 6.45) is -0.535. The van der Waals surface area contributed by atoms with Gasteiger partial charge >= 0.3 is 6.18 Å². The van der Waals surface area contributed by atoms with Crippen LogP contribution >= 0.6 is 23.4 Å². The van der Waals surface area contributed by atoms with Gasteiger partial charge in [-0.05, 0) is 36.4 Å². The average molecular weight is 480 g/mol. The Kier molecular flexibility index (Phi) is 6.15. The first kappa shape index (κ1) is 21.8. The number of anilines is 1. The highest BCUT2D eigenvalue weighted by Gasteiger charge is 2.31. The Bertz CT molecular complexity index is 1240. The second kappa shape index (κ2) is 9.01. The van der Waals surface area contributed by atoms with Crippen LogP contribution in [0.3, 0.4) is 0 Å². The van der Waals surface area contributed by atoms with E-state index in [1.807, 2.05) is 0 Å². The molecule has 0 radical (unpaired) electrons. The van der Waals surface area contributed by atoms with Gasteiger partial charge in [-0.15, -0.1) is 10.2 Å². The zero-order valence-corrected chi connectivity index (χ0v) is 17.6. The number of hydrogen-bond donors (Lipinski definition) is 1. The van der Waals surface area contributed by atoms with Gasteiger partial charge in [0.15, 0.2) is 5.16 Å². The fraction of sp³-hybridized carbons (Fsp3) is 0.105. The Morgan fingerprint density at radius 3 is 2.72 bits per heavy atom. The predicted molar refractivity (Wildman–Crippen MR) is 112 cm³/mol. The van der Waals surface area contributed by atoms with Crippen LogP contribution in [0.5, 0.6) is 0 Å². The van der Waals surface area contributed by atoms with Crippen molar-refractivity contribution >= 4 is 35.0 Å². The van der Waals surface area contributed by atoms with Crippen molar-refractivity contribution in [1.29, 1.82) is 0 Å². The maximum Gasteiger partial charge on any atom is 0.416 e. The van der Waals surface area contributed by atoms with Gasteiger partial charge in [-0.25, -0.2) is 9.67 Å². The maximum absolute atomic E-state index is 13.2. The van der Waals surface area contributed by atoms with Gasteiger partial charge in [0.2, 0.25) is 5.91 Å². The molecule has 4 aromatic rings. The number of carbonyl (C=O) groups excluding carboxylic acids is 1. The van der Waals surface area contributed by atoms with Crippen LogP contribution in [0.4, 0.5) is 18.9 Å². The van der Waals surface area contributed by atoms with E-state index in [1.165, 1.54) is 29.7 Å². The van der Waals surface area contributed by atoms with Gasteiger partial charge in [-0.3, -0.25) is 9.36 Å². The Labute approximate surface area is 188 Å². The van der Waals surface area contributed by atoms with Crippen molar-refractivity contribution in [2.45, 2.75) is 11.3 Å². The maximum atomic E-state index is 13.2. The fourth-order valence-corrected chi connectivity index (χ4v) is 3.70. The molecule has 0 aliphatic heterocycles. The van der Waals surface area contributed by atoms with E-state index >= 15 is 0 Å². The molecule has 0 atom stereocenters. The summed E-state index contributed by atoms with van der Waals surface area (Å²) in [4.78, 5) is 16.3. The van der Waals surface area contributed by atoms with Crippen LogP contribution in [0, 0.1) is 0 Å². The molecule has 0 bridgehead atoms. The lowest BCUT2D eigenvalue weighted by Gasteiger charge is -2.14. The van der Waals surface area contributed by atoms with E-state index in [0.29, 0.717) is 15.9 Å². The van der Waals surface area contributed by atoms with Crippen molar-refractivity contribution in [2.75, 3.05) is 11.1 Å². The molecule has 32 heavy (non-hydrogen) atoms. The van der Waals surface area contributed by atoms with Crippen molar-refractivity contribution in [2.24, 2.45) is 0 Å². The van der Waals surface area contributed by atoms with Gasteiger partial charge in [0.1, 0.15) is 19.0 Å². The van der Waals surface area contributed by atoms with Gasteiger partial charge in [0.25, 0.3) is 0 Å². The predicted octanol–water partition coefficient (Wildman–Crippen LogP) is 4.25. The summed E-state index contributed by atoms with van der Waals surface area (Å²) >= 11 is 7.09. The van der Waals surface area contributed by atoms with E-state index in [0.717, 1.165) is 23.9 Å². The zero-order chi connectivity index (χ0) is 22.7. The van der Waals surface area contributed by atoms with Crippen LogP contribution in [-0.4, -0.2) is 41.2 Å². The molecule has 0 aliphatic carbocycles. The molecule has 2 heterocycles. The Morgan fingerprint density at radius 2 is 2.00 bits per heavy atom. The van der Waals surface area contributed by atoms with Crippen LogP contribution in [0.15, 0.2) is 66.6 Å². The lowest BCUT2D eigenvalue weighted by atomic mass is 10.1. The lowest BCUT2D eigenvalue weighted by molar-refractivity contribution is -0.137. The third-order valence-corrected chi connectivity index (χ3v) is 5.38. The molecule has 1 N–H and O–H groups in total. The molecule has 13 heteroatoms. The molecule has 164 valence electrons. The minimum Gasteiger partial charge on any atom is -0.323 e. The molecule has 0 unspecified atom stereocenters. The number of carbonyl (C=O) groups is 1. The molecule has 4 rings (SSSR count). The molecule has 0 saturated heterocycles. The molecule has 2 aromatic carbocycles. The summed E-state index contributed by atoms with van der Waals surface area (Å²) < 4.78 is 42.4. The average Bonchev–Trinajstić information content (AvgIpc) is 3.44. The van der Waals surface area contributed by atoms with Gasteiger partial charge < -0.3 is 5.32 Å². The normalized spacial score (nSPS) is 11.5. The third kappa shape index (κ3) is 4.92. The third-order valence-electron chi connectivity index (χ3n) is 4.20. The summed E-state index contributed by atoms with van der Waals surface area (Å²) in [5.74, 6) is -0.650. The number of aromatic nitrogens is 6. The minimum atomic E-state index is -4.57. The molecule has 0 saturated carbocycles. The number of halogens is 4. The summed E-state index contributed by atoms with van der Waals surface area (Å²) in [6, 6.07) is 9.98. The molecular weight excluding hydrogens is 467 g/mol. The molecule has 8 nitrogen and oxygen atoms in total. The zero-order valence-electron chi connectivity index (χ0n) is 16.0. The number of amides is 1. The topological polar surface area (TPSA) is 90.5 Å². The van der Waals surface area contributed by atoms with E-state index in [-0.39, 0.29) is 17.1 Å². The second-order valence-corrected chi connectivity index (χ2v) is 7.75. The van der Waals surface area contributed by atoms with Crippen molar-refractivity contribution in [1.82, 2.24) is 29.5 Å². The standard InChI is InChI=1S/C19H13ClF3N7OS/c20-13-2-1-3-14(7-13)29-11-25-28-18(29)32-8-17(31)27-15-6-12(19(21,22)23)4-5-16(15)30-10-24-9-26-30/h1-7,9-11H,8H2,(H,27,31). The monoisotopic (exact) mass is 479 g/mol. The summed E-state index contributed by atoms with van der Waals surface area (Å²) in [6.45, 7) is 0. The summed E-state index contributed by atoms with van der Waals surface area (Å²) in [7, 11) is 0. The largest absolute Gasteiger partial charge is 0.416 e. The molecular formula is C19H13ClF3N7OS. The minimum absolute atomic E-state index is 0.0489. The van der Waals surface area contributed by atoms with Crippen LogP contribution in [0.25, 0.3) is 11.4 Å². The van der Waals surface area contributed by atoms with Crippen LogP contribution < -0.4 is 5.32 Å². The highest BCUT2D eigenvalue weighted by molar-refractivity contribution is 7.99. The van der Waals surface area contributed by atoms with Crippen LogP contribution in [-0.2, 0) is 11.0 Å². The number of rotatable bonds is 6. The van der Waals surface area contributed by atoms with Crippen LogP contribution in [0.1, 0.15) is 5.56 Å². The first-order valence-electron chi connectivity index (χ1n) is 8.96. The Morgan fingerprint density at radius 1 is 1.16 bits per heavy atom. The highest BCUT2D eigenvalue weighted by Crippen LogP contribution is 2.33. The molecule has 1 amide bonds. The number of nitrogens with zero attached hydrogens (tertiary/aromatic N) is 6. The van der Waals surface area contributed by atoms with E-state index < -0.39 is 17.6 Å². The van der Waals surface area contributed by atoms with Gasteiger partial charge in [0, 0.05) is 5.02 Å². The number of thioether (sulfide) groups is 1. The van der Waals surface area contributed by atoms with E-state index in [1.54, 1.807) is 28.8 Å². The molecule has 0 fully saturated rings.